The molecule has 0 aliphatic carbocycles. The number of nitrogens with zero attached hydrogens (tertiary/aromatic N) is 2. The molecule has 0 bridgehead atoms. The lowest BCUT2D eigenvalue weighted by atomic mass is 10.1. The standard InChI is InChI=1S/C12H18FN3O/c1-2-10-11(13)12(16-8-15-10)14-5-3-9-4-6-17-7-9/h8-9H,2-7H2,1H3,(H,14,15,16). The fourth-order valence-corrected chi connectivity index (χ4v) is 1.98. The molecule has 0 radical (unpaired) electrons. The van der Waals surface area contributed by atoms with Crippen LogP contribution in [0.4, 0.5) is 10.2 Å². The van der Waals surface area contributed by atoms with Gasteiger partial charge in [-0.25, -0.2) is 14.4 Å². The molecule has 1 unspecified atom stereocenters. The second-order valence-electron chi connectivity index (χ2n) is 4.28. The molecule has 1 atom stereocenters. The Kier molecular flexibility index (Phi) is 4.25. The van der Waals surface area contributed by atoms with Crippen LogP contribution in [0.3, 0.4) is 0 Å². The molecule has 17 heavy (non-hydrogen) atoms. The lowest BCUT2D eigenvalue weighted by Gasteiger charge is -2.10. The summed E-state index contributed by atoms with van der Waals surface area (Å²) >= 11 is 0. The number of halogens is 1. The van der Waals surface area contributed by atoms with Crippen LogP contribution in [0.2, 0.25) is 0 Å². The normalized spacial score (nSPS) is 19.5. The number of nitrogens with one attached hydrogen (secondary N) is 1. The molecule has 94 valence electrons. The summed E-state index contributed by atoms with van der Waals surface area (Å²) in [6, 6.07) is 0. The van der Waals surface area contributed by atoms with Crippen molar-refractivity contribution in [3.8, 4) is 0 Å². The summed E-state index contributed by atoms with van der Waals surface area (Å²) in [6.45, 7) is 4.29. The van der Waals surface area contributed by atoms with Crippen LogP contribution < -0.4 is 5.32 Å². The zero-order chi connectivity index (χ0) is 12.1. The van der Waals surface area contributed by atoms with Crippen LogP contribution in [0.1, 0.15) is 25.5 Å². The minimum atomic E-state index is -0.322. The summed E-state index contributed by atoms with van der Waals surface area (Å²) in [5, 5.41) is 3.03. The second-order valence-corrected chi connectivity index (χ2v) is 4.28. The molecular formula is C12H18FN3O. The summed E-state index contributed by atoms with van der Waals surface area (Å²) in [4.78, 5) is 7.82. The highest BCUT2D eigenvalue weighted by molar-refractivity contribution is 5.37. The molecule has 0 amide bonds. The molecule has 1 fully saturated rings. The summed E-state index contributed by atoms with van der Waals surface area (Å²) in [5.41, 5.74) is 0.465. The Labute approximate surface area is 101 Å². The van der Waals surface area contributed by atoms with Gasteiger partial charge in [0, 0.05) is 19.8 Å². The molecule has 1 saturated heterocycles. The highest BCUT2D eigenvalue weighted by Gasteiger charge is 2.15. The minimum Gasteiger partial charge on any atom is -0.381 e. The summed E-state index contributed by atoms with van der Waals surface area (Å²) in [7, 11) is 0. The lowest BCUT2D eigenvalue weighted by Crippen LogP contribution is -2.12. The van der Waals surface area contributed by atoms with Crippen LogP contribution >= 0.6 is 0 Å². The van der Waals surface area contributed by atoms with Crippen molar-refractivity contribution < 1.29 is 9.13 Å². The van der Waals surface area contributed by atoms with Crippen molar-refractivity contribution >= 4 is 5.82 Å². The maximum absolute atomic E-state index is 13.8. The van der Waals surface area contributed by atoms with Crippen molar-refractivity contribution in [2.24, 2.45) is 5.92 Å². The molecule has 0 spiro atoms. The molecule has 0 saturated carbocycles. The Hall–Kier alpha value is -1.23. The predicted molar refractivity (Wildman–Crippen MR) is 63.4 cm³/mol. The van der Waals surface area contributed by atoms with Crippen LogP contribution in [0, 0.1) is 11.7 Å². The maximum Gasteiger partial charge on any atom is 0.186 e. The van der Waals surface area contributed by atoms with E-state index in [1.165, 1.54) is 6.33 Å². The molecule has 1 N–H and O–H groups in total. The van der Waals surface area contributed by atoms with Crippen LogP contribution in [-0.4, -0.2) is 29.7 Å². The molecular weight excluding hydrogens is 221 g/mol. The van der Waals surface area contributed by atoms with E-state index in [-0.39, 0.29) is 5.82 Å². The summed E-state index contributed by atoms with van der Waals surface area (Å²) in [6.07, 6.45) is 4.08. The van der Waals surface area contributed by atoms with Crippen LogP contribution in [0.15, 0.2) is 6.33 Å². The van der Waals surface area contributed by atoms with E-state index >= 15 is 0 Å². The molecule has 2 heterocycles. The van der Waals surface area contributed by atoms with E-state index in [1.54, 1.807) is 0 Å². The van der Waals surface area contributed by atoms with E-state index in [0.717, 1.165) is 32.6 Å². The number of rotatable bonds is 5. The lowest BCUT2D eigenvalue weighted by molar-refractivity contribution is 0.185. The van der Waals surface area contributed by atoms with E-state index in [0.29, 0.717) is 23.9 Å². The third-order valence-electron chi connectivity index (χ3n) is 3.07. The average Bonchev–Trinajstić information content (AvgIpc) is 2.84. The highest BCUT2D eigenvalue weighted by atomic mass is 19.1. The third-order valence-corrected chi connectivity index (χ3v) is 3.07. The van der Waals surface area contributed by atoms with Crippen molar-refractivity contribution in [1.82, 2.24) is 9.97 Å². The second kappa shape index (κ2) is 5.91. The number of aryl methyl sites for hydroxylation is 1. The molecule has 1 aromatic rings. The van der Waals surface area contributed by atoms with Gasteiger partial charge in [-0.3, -0.25) is 0 Å². The highest BCUT2D eigenvalue weighted by Crippen LogP contribution is 2.17. The smallest absolute Gasteiger partial charge is 0.186 e. The van der Waals surface area contributed by atoms with E-state index in [9.17, 15) is 4.39 Å². The van der Waals surface area contributed by atoms with Gasteiger partial charge >= 0.3 is 0 Å². The minimum absolute atomic E-state index is 0.316. The SMILES string of the molecule is CCc1ncnc(NCCC2CCOC2)c1F. The third kappa shape index (κ3) is 3.12. The number of ether oxygens (including phenoxy) is 1. The number of aromatic nitrogens is 2. The van der Waals surface area contributed by atoms with Gasteiger partial charge < -0.3 is 10.1 Å². The Balaban J connectivity index is 1.85. The average molecular weight is 239 g/mol. The molecule has 5 heteroatoms. The number of hydrogen-bond acceptors (Lipinski definition) is 4. The monoisotopic (exact) mass is 239 g/mol. The fourth-order valence-electron chi connectivity index (χ4n) is 1.98. The van der Waals surface area contributed by atoms with Gasteiger partial charge in [-0.05, 0) is 25.2 Å². The van der Waals surface area contributed by atoms with Gasteiger partial charge in [0.25, 0.3) is 0 Å². The van der Waals surface area contributed by atoms with Crippen molar-refractivity contribution in [3.63, 3.8) is 0 Å². The Bertz CT molecular complexity index is 367. The largest absolute Gasteiger partial charge is 0.381 e. The Morgan fingerprint density at radius 3 is 3.12 bits per heavy atom. The van der Waals surface area contributed by atoms with Gasteiger partial charge in [0.15, 0.2) is 11.6 Å². The van der Waals surface area contributed by atoms with E-state index in [1.807, 2.05) is 6.92 Å². The molecule has 1 aliphatic heterocycles. The van der Waals surface area contributed by atoms with Crippen LogP contribution in [-0.2, 0) is 11.2 Å². The van der Waals surface area contributed by atoms with Gasteiger partial charge in [-0.15, -0.1) is 0 Å². The maximum atomic E-state index is 13.8. The zero-order valence-electron chi connectivity index (χ0n) is 10.1. The van der Waals surface area contributed by atoms with Crippen molar-refractivity contribution in [2.45, 2.75) is 26.2 Å². The quantitative estimate of drug-likeness (QED) is 0.854. The molecule has 0 aromatic carbocycles. The molecule has 1 aliphatic rings. The topological polar surface area (TPSA) is 47.0 Å². The van der Waals surface area contributed by atoms with Gasteiger partial charge in [0.1, 0.15) is 6.33 Å². The first kappa shape index (κ1) is 12.2. The van der Waals surface area contributed by atoms with Crippen LogP contribution in [0.5, 0.6) is 0 Å². The Morgan fingerprint density at radius 2 is 2.41 bits per heavy atom. The van der Waals surface area contributed by atoms with Crippen molar-refractivity contribution in [2.75, 3.05) is 25.1 Å². The zero-order valence-corrected chi connectivity index (χ0v) is 10.1. The van der Waals surface area contributed by atoms with Gasteiger partial charge in [0.05, 0.1) is 5.69 Å². The van der Waals surface area contributed by atoms with Gasteiger partial charge in [-0.1, -0.05) is 6.92 Å². The first-order valence-electron chi connectivity index (χ1n) is 6.12. The van der Waals surface area contributed by atoms with Crippen molar-refractivity contribution in [1.29, 1.82) is 0 Å². The number of hydrogen-bond donors (Lipinski definition) is 1. The van der Waals surface area contributed by atoms with Crippen LogP contribution in [0.25, 0.3) is 0 Å². The van der Waals surface area contributed by atoms with Gasteiger partial charge in [-0.2, -0.15) is 0 Å². The molecule has 1 aromatic heterocycles. The summed E-state index contributed by atoms with van der Waals surface area (Å²) < 4.78 is 19.1. The number of anilines is 1. The Morgan fingerprint density at radius 1 is 1.53 bits per heavy atom. The predicted octanol–water partition coefficient (Wildman–Crippen LogP) is 2.02. The van der Waals surface area contributed by atoms with E-state index < -0.39 is 0 Å². The first-order chi connectivity index (χ1) is 8.31. The molecule has 2 rings (SSSR count). The molecule has 4 nitrogen and oxygen atoms in total. The van der Waals surface area contributed by atoms with E-state index in [4.69, 9.17) is 4.74 Å². The summed E-state index contributed by atoms with van der Waals surface area (Å²) in [5.74, 6) is 0.589. The van der Waals surface area contributed by atoms with E-state index in [2.05, 4.69) is 15.3 Å². The fraction of sp³-hybridized carbons (Fsp3) is 0.667. The first-order valence-corrected chi connectivity index (χ1v) is 6.12. The van der Waals surface area contributed by atoms with Gasteiger partial charge in [0.2, 0.25) is 0 Å². The van der Waals surface area contributed by atoms with Crippen molar-refractivity contribution in [3.05, 3.63) is 17.8 Å².